The van der Waals surface area contributed by atoms with Gasteiger partial charge >= 0.3 is 0 Å². The van der Waals surface area contributed by atoms with E-state index >= 15 is 0 Å². The van der Waals surface area contributed by atoms with Crippen molar-refractivity contribution in [2.45, 2.75) is 25.3 Å². The minimum Gasteiger partial charge on any atom is -0.394 e. The van der Waals surface area contributed by atoms with Crippen LogP contribution in [0.1, 0.15) is 27.9 Å². The third kappa shape index (κ3) is 4.03. The molecule has 2 aromatic rings. The van der Waals surface area contributed by atoms with Crippen molar-refractivity contribution in [2.24, 2.45) is 0 Å². The first kappa shape index (κ1) is 17.1. The van der Waals surface area contributed by atoms with Crippen molar-refractivity contribution in [3.8, 4) is 0 Å². The van der Waals surface area contributed by atoms with Crippen molar-refractivity contribution in [1.82, 2.24) is 5.32 Å². The number of carbonyl (C=O) groups excluding carboxylic acids is 2. The molecule has 1 heterocycles. The molecule has 3 rings (SSSR count). The Balaban J connectivity index is 1.75. The van der Waals surface area contributed by atoms with E-state index in [4.69, 9.17) is 0 Å². The van der Waals surface area contributed by atoms with Crippen LogP contribution in [0.5, 0.6) is 0 Å². The van der Waals surface area contributed by atoms with Crippen molar-refractivity contribution >= 4 is 17.5 Å². The summed E-state index contributed by atoms with van der Waals surface area (Å²) >= 11 is 0. The topological polar surface area (TPSA) is 78.4 Å². The third-order valence-corrected chi connectivity index (χ3v) is 4.21. The zero-order valence-electron chi connectivity index (χ0n) is 13.6. The highest BCUT2D eigenvalue weighted by Gasteiger charge is 2.22. The molecule has 6 heteroatoms. The number of benzene rings is 2. The molecule has 0 aromatic heterocycles. The predicted molar refractivity (Wildman–Crippen MR) is 91.8 cm³/mol. The maximum Gasteiger partial charge on any atom is 0.254 e. The van der Waals surface area contributed by atoms with E-state index in [2.05, 4.69) is 10.6 Å². The van der Waals surface area contributed by atoms with Gasteiger partial charge in [0.25, 0.3) is 5.91 Å². The molecule has 0 saturated carbocycles. The molecule has 2 amide bonds. The van der Waals surface area contributed by atoms with Gasteiger partial charge < -0.3 is 15.7 Å². The molecular formula is C19H19FN2O3. The molecule has 1 aliphatic rings. The van der Waals surface area contributed by atoms with E-state index in [1.54, 1.807) is 0 Å². The molecule has 0 radical (unpaired) electrons. The normalized spacial score (nSPS) is 14.4. The monoisotopic (exact) mass is 342 g/mol. The quantitative estimate of drug-likeness (QED) is 0.778. The van der Waals surface area contributed by atoms with Crippen LogP contribution in [0.25, 0.3) is 0 Å². The summed E-state index contributed by atoms with van der Waals surface area (Å²) in [5.41, 5.74) is 2.03. The van der Waals surface area contributed by atoms with Gasteiger partial charge in [-0.3, -0.25) is 9.59 Å². The largest absolute Gasteiger partial charge is 0.394 e. The second-order valence-corrected chi connectivity index (χ2v) is 6.08. The summed E-state index contributed by atoms with van der Waals surface area (Å²) in [4.78, 5) is 23.8. The SMILES string of the molecule is O=C1CCc2cc(C(=O)N[C@@H](CO)Cc3ccccc3)c(F)cc2N1. The zero-order valence-corrected chi connectivity index (χ0v) is 13.6. The number of hydrogen-bond acceptors (Lipinski definition) is 3. The van der Waals surface area contributed by atoms with Gasteiger partial charge in [-0.2, -0.15) is 0 Å². The van der Waals surface area contributed by atoms with Crippen LogP contribution in [0.4, 0.5) is 10.1 Å². The maximum atomic E-state index is 14.3. The average molecular weight is 342 g/mol. The number of amides is 2. The van der Waals surface area contributed by atoms with Gasteiger partial charge in [-0.1, -0.05) is 30.3 Å². The van der Waals surface area contributed by atoms with E-state index in [-0.39, 0.29) is 18.1 Å². The minimum absolute atomic E-state index is 0.0820. The highest BCUT2D eigenvalue weighted by Crippen LogP contribution is 2.26. The van der Waals surface area contributed by atoms with E-state index in [9.17, 15) is 19.1 Å². The molecule has 1 atom stereocenters. The van der Waals surface area contributed by atoms with Crippen molar-refractivity contribution in [3.63, 3.8) is 0 Å². The van der Waals surface area contributed by atoms with Gasteiger partial charge in [0, 0.05) is 12.1 Å². The van der Waals surface area contributed by atoms with Gasteiger partial charge in [-0.05, 0) is 36.1 Å². The first-order valence-corrected chi connectivity index (χ1v) is 8.14. The molecule has 0 spiro atoms. The van der Waals surface area contributed by atoms with Crippen LogP contribution >= 0.6 is 0 Å². The smallest absolute Gasteiger partial charge is 0.254 e. The lowest BCUT2D eigenvalue weighted by atomic mass is 9.99. The van der Waals surface area contributed by atoms with Gasteiger partial charge in [0.05, 0.1) is 18.2 Å². The fourth-order valence-corrected chi connectivity index (χ4v) is 2.90. The molecule has 0 fully saturated rings. The number of hydrogen-bond donors (Lipinski definition) is 3. The Bertz CT molecular complexity index is 793. The molecule has 3 N–H and O–H groups in total. The maximum absolute atomic E-state index is 14.3. The molecule has 130 valence electrons. The number of aryl methyl sites for hydroxylation is 1. The molecule has 0 saturated heterocycles. The second kappa shape index (κ2) is 7.44. The lowest BCUT2D eigenvalue weighted by molar-refractivity contribution is -0.116. The summed E-state index contributed by atoms with van der Waals surface area (Å²) in [6.07, 6.45) is 1.23. The van der Waals surface area contributed by atoms with Crippen molar-refractivity contribution < 1.29 is 19.1 Å². The summed E-state index contributed by atoms with van der Waals surface area (Å²) in [7, 11) is 0. The Kier molecular flexibility index (Phi) is 5.09. The third-order valence-electron chi connectivity index (χ3n) is 4.21. The highest BCUT2D eigenvalue weighted by molar-refractivity contribution is 5.98. The summed E-state index contributed by atoms with van der Waals surface area (Å²) < 4.78 is 14.3. The molecule has 5 nitrogen and oxygen atoms in total. The van der Waals surface area contributed by atoms with Gasteiger partial charge in [0.2, 0.25) is 5.91 Å². The van der Waals surface area contributed by atoms with E-state index in [0.29, 0.717) is 24.9 Å². The second-order valence-electron chi connectivity index (χ2n) is 6.08. The fourth-order valence-electron chi connectivity index (χ4n) is 2.90. The lowest BCUT2D eigenvalue weighted by Crippen LogP contribution is -2.39. The number of halogens is 1. The summed E-state index contributed by atoms with van der Waals surface area (Å²) in [5, 5.41) is 14.8. The minimum atomic E-state index is -0.699. The van der Waals surface area contributed by atoms with Gasteiger partial charge in [0.1, 0.15) is 5.82 Å². The van der Waals surface area contributed by atoms with Gasteiger partial charge in [-0.15, -0.1) is 0 Å². The van der Waals surface area contributed by atoms with Crippen LogP contribution in [0, 0.1) is 5.82 Å². The van der Waals surface area contributed by atoms with Crippen molar-refractivity contribution in [2.75, 3.05) is 11.9 Å². The molecule has 2 aromatic carbocycles. The Hall–Kier alpha value is -2.73. The number of aliphatic hydroxyl groups excluding tert-OH is 1. The Morgan fingerprint density at radius 3 is 2.72 bits per heavy atom. The van der Waals surface area contributed by atoms with Gasteiger partial charge in [-0.25, -0.2) is 4.39 Å². The van der Waals surface area contributed by atoms with Crippen LogP contribution in [0.3, 0.4) is 0 Å². The number of rotatable bonds is 5. The predicted octanol–water partition coefficient (Wildman–Crippen LogP) is 2.04. The Morgan fingerprint density at radius 1 is 1.24 bits per heavy atom. The van der Waals surface area contributed by atoms with E-state index < -0.39 is 17.8 Å². The summed E-state index contributed by atoms with van der Waals surface area (Å²) in [6, 6.07) is 11.6. The van der Waals surface area contributed by atoms with Crippen molar-refractivity contribution in [3.05, 3.63) is 65.0 Å². The molecule has 0 unspecified atom stereocenters. The number of anilines is 1. The fraction of sp³-hybridized carbons (Fsp3) is 0.263. The molecule has 0 aliphatic carbocycles. The summed E-state index contributed by atoms with van der Waals surface area (Å²) in [6.45, 7) is -0.247. The van der Waals surface area contributed by atoms with E-state index in [0.717, 1.165) is 11.1 Å². The molecular weight excluding hydrogens is 323 g/mol. The van der Waals surface area contributed by atoms with Crippen LogP contribution in [-0.2, 0) is 17.6 Å². The van der Waals surface area contributed by atoms with Crippen LogP contribution in [-0.4, -0.2) is 29.6 Å². The number of nitrogens with one attached hydrogen (secondary N) is 2. The van der Waals surface area contributed by atoms with Crippen molar-refractivity contribution in [1.29, 1.82) is 0 Å². The summed E-state index contributed by atoms with van der Waals surface area (Å²) in [5.74, 6) is -1.44. The van der Waals surface area contributed by atoms with Crippen LogP contribution < -0.4 is 10.6 Å². The molecule has 1 aliphatic heterocycles. The first-order valence-electron chi connectivity index (χ1n) is 8.14. The number of aliphatic hydroxyl groups is 1. The van der Waals surface area contributed by atoms with E-state index in [1.165, 1.54) is 12.1 Å². The van der Waals surface area contributed by atoms with Gasteiger partial charge in [0.15, 0.2) is 0 Å². The Morgan fingerprint density at radius 2 is 2.00 bits per heavy atom. The Labute approximate surface area is 144 Å². The number of fused-ring (bicyclic) bond motifs is 1. The highest BCUT2D eigenvalue weighted by atomic mass is 19.1. The first-order chi connectivity index (χ1) is 12.1. The zero-order chi connectivity index (χ0) is 17.8. The lowest BCUT2D eigenvalue weighted by Gasteiger charge is -2.20. The molecule has 25 heavy (non-hydrogen) atoms. The molecule has 0 bridgehead atoms. The van der Waals surface area contributed by atoms with E-state index in [1.807, 2.05) is 30.3 Å². The standard InChI is InChI=1S/C19H19FN2O3/c20-16-10-17-13(6-7-18(24)22-17)9-15(16)19(25)21-14(11-23)8-12-4-2-1-3-5-12/h1-5,9-10,14,23H,6-8,11H2,(H,21,25)(H,22,24)/t14-/m1/s1. The number of carbonyl (C=O) groups is 2. The average Bonchev–Trinajstić information content (AvgIpc) is 2.61. The van der Waals surface area contributed by atoms with Crippen LogP contribution in [0.2, 0.25) is 0 Å². The van der Waals surface area contributed by atoms with Crippen LogP contribution in [0.15, 0.2) is 42.5 Å².